The van der Waals surface area contributed by atoms with Crippen molar-refractivity contribution in [2.24, 2.45) is 0 Å². The van der Waals surface area contributed by atoms with Crippen molar-refractivity contribution < 1.29 is 4.79 Å². The van der Waals surface area contributed by atoms with Crippen molar-refractivity contribution in [3.8, 4) is 0 Å². The van der Waals surface area contributed by atoms with Crippen LogP contribution in [0.3, 0.4) is 0 Å². The molecule has 0 saturated heterocycles. The number of amides is 2. The molecular weight excluding hydrogens is 282 g/mol. The second kappa shape index (κ2) is 6.26. The third kappa shape index (κ3) is 3.42. The average molecular weight is 301 g/mol. The first-order valence-electron chi connectivity index (χ1n) is 7.25. The van der Waals surface area contributed by atoms with Gasteiger partial charge in [0.2, 0.25) is 0 Å². The third-order valence-corrected chi connectivity index (χ3v) is 4.81. The molecule has 110 valence electrons. The maximum atomic E-state index is 12.1. The van der Waals surface area contributed by atoms with E-state index in [0.717, 1.165) is 24.3 Å². The third-order valence-electron chi connectivity index (χ3n) is 3.85. The van der Waals surface area contributed by atoms with Gasteiger partial charge in [-0.2, -0.15) is 0 Å². The van der Waals surface area contributed by atoms with Gasteiger partial charge >= 0.3 is 6.03 Å². The molecule has 1 aromatic heterocycles. The smallest absolute Gasteiger partial charge is 0.315 e. The summed E-state index contributed by atoms with van der Waals surface area (Å²) >= 11 is 1.56. The molecule has 1 aliphatic carbocycles. The minimum Gasteiger partial charge on any atom is -0.335 e. The Balaban J connectivity index is 1.54. The predicted octanol–water partition coefficient (Wildman–Crippen LogP) is 3.06. The van der Waals surface area contributed by atoms with Crippen LogP contribution in [0.4, 0.5) is 4.79 Å². The molecule has 0 radical (unpaired) electrons. The molecule has 5 heteroatoms. The Labute approximate surface area is 128 Å². The molecule has 2 amide bonds. The van der Waals surface area contributed by atoms with E-state index in [1.807, 2.05) is 12.3 Å². The van der Waals surface area contributed by atoms with Crippen molar-refractivity contribution in [3.05, 3.63) is 52.0 Å². The highest BCUT2D eigenvalue weighted by Crippen LogP contribution is 2.21. The van der Waals surface area contributed by atoms with Crippen LogP contribution < -0.4 is 10.6 Å². The first kappa shape index (κ1) is 14.1. The van der Waals surface area contributed by atoms with E-state index in [0.29, 0.717) is 0 Å². The Morgan fingerprint density at radius 1 is 1.38 bits per heavy atom. The van der Waals surface area contributed by atoms with Crippen molar-refractivity contribution in [2.45, 2.75) is 38.3 Å². The largest absolute Gasteiger partial charge is 0.335 e. The minimum atomic E-state index is -0.109. The molecular formula is C16H19N3OS. The Hall–Kier alpha value is -1.88. The van der Waals surface area contributed by atoms with Crippen molar-refractivity contribution in [3.63, 3.8) is 0 Å². The molecule has 0 unspecified atom stereocenters. The number of urea groups is 1. The summed E-state index contributed by atoms with van der Waals surface area (Å²) in [5.41, 5.74) is 2.76. The van der Waals surface area contributed by atoms with Crippen molar-refractivity contribution in [1.29, 1.82) is 0 Å². The number of fused-ring (bicyclic) bond motifs is 1. The number of carbonyl (C=O) groups excluding carboxylic acids is 1. The Morgan fingerprint density at radius 2 is 2.19 bits per heavy atom. The number of carbonyl (C=O) groups is 1. The van der Waals surface area contributed by atoms with E-state index in [2.05, 4.69) is 39.9 Å². The number of hydrogen-bond donors (Lipinski definition) is 2. The zero-order valence-corrected chi connectivity index (χ0v) is 12.8. The summed E-state index contributed by atoms with van der Waals surface area (Å²) in [6.45, 7) is 1.95. The van der Waals surface area contributed by atoms with Crippen LogP contribution in [0.25, 0.3) is 0 Å². The molecule has 2 aromatic rings. The number of rotatable bonds is 3. The first-order valence-corrected chi connectivity index (χ1v) is 8.13. The number of aryl methyl sites for hydroxylation is 1. The molecule has 0 bridgehead atoms. The van der Waals surface area contributed by atoms with Gasteiger partial charge in [-0.3, -0.25) is 0 Å². The van der Waals surface area contributed by atoms with Gasteiger partial charge in [0.05, 0.1) is 6.04 Å². The lowest BCUT2D eigenvalue weighted by molar-refractivity contribution is 0.232. The number of hydrogen-bond acceptors (Lipinski definition) is 3. The van der Waals surface area contributed by atoms with E-state index in [9.17, 15) is 4.79 Å². The van der Waals surface area contributed by atoms with Crippen LogP contribution in [0.1, 0.15) is 35.5 Å². The maximum Gasteiger partial charge on any atom is 0.315 e. The highest BCUT2D eigenvalue weighted by atomic mass is 32.1. The normalized spacial score (nSPS) is 18.6. The summed E-state index contributed by atoms with van der Waals surface area (Å²) in [6.07, 6.45) is 4.70. The molecule has 21 heavy (non-hydrogen) atoms. The molecule has 1 heterocycles. The minimum absolute atomic E-state index is 0.0547. The fraction of sp³-hybridized carbons (Fsp3) is 0.375. The van der Waals surface area contributed by atoms with Gasteiger partial charge in [0.1, 0.15) is 5.01 Å². The summed E-state index contributed by atoms with van der Waals surface area (Å²) in [6, 6.07) is 8.52. The van der Waals surface area contributed by atoms with Crippen LogP contribution in [0, 0.1) is 0 Å². The first-order chi connectivity index (χ1) is 10.2. The standard InChI is InChI=1S/C16H19N3OS/c1-11(15-17-8-9-21-15)18-16(20)19-14-7-6-12-4-2-3-5-13(12)10-14/h2-5,8-9,11,14H,6-7,10H2,1H3,(H2,18,19,20)/t11-,14-/m1/s1. The Kier molecular flexibility index (Phi) is 4.20. The van der Waals surface area contributed by atoms with Gasteiger partial charge in [0.15, 0.2) is 0 Å². The fourth-order valence-electron chi connectivity index (χ4n) is 2.75. The van der Waals surface area contributed by atoms with Gasteiger partial charge in [-0.25, -0.2) is 9.78 Å². The lowest BCUT2D eigenvalue weighted by atomic mass is 9.88. The van der Waals surface area contributed by atoms with E-state index in [-0.39, 0.29) is 18.1 Å². The summed E-state index contributed by atoms with van der Waals surface area (Å²) in [7, 11) is 0. The summed E-state index contributed by atoms with van der Waals surface area (Å²) < 4.78 is 0. The Bertz CT molecular complexity index is 612. The molecule has 0 saturated carbocycles. The van der Waals surface area contributed by atoms with Crippen molar-refractivity contribution >= 4 is 17.4 Å². The van der Waals surface area contributed by atoms with Crippen molar-refractivity contribution in [1.82, 2.24) is 15.6 Å². The molecule has 3 rings (SSSR count). The molecule has 0 spiro atoms. The number of benzene rings is 1. The molecule has 2 atom stereocenters. The van der Waals surface area contributed by atoms with E-state index >= 15 is 0 Å². The van der Waals surface area contributed by atoms with Gasteiger partial charge in [0.25, 0.3) is 0 Å². The average Bonchev–Trinajstić information content (AvgIpc) is 3.01. The molecule has 0 fully saturated rings. The lowest BCUT2D eigenvalue weighted by Gasteiger charge is -2.26. The quantitative estimate of drug-likeness (QED) is 0.915. The molecule has 0 aliphatic heterocycles. The van der Waals surface area contributed by atoms with Crippen LogP contribution in [-0.4, -0.2) is 17.1 Å². The summed E-state index contributed by atoms with van der Waals surface area (Å²) in [5.74, 6) is 0. The van der Waals surface area contributed by atoms with Crippen LogP contribution in [0.15, 0.2) is 35.8 Å². The van der Waals surface area contributed by atoms with Crippen LogP contribution >= 0.6 is 11.3 Å². The zero-order valence-electron chi connectivity index (χ0n) is 12.0. The number of thiazole rings is 1. The van der Waals surface area contributed by atoms with Crippen LogP contribution in [-0.2, 0) is 12.8 Å². The summed E-state index contributed by atoms with van der Waals surface area (Å²) in [5, 5.41) is 8.88. The lowest BCUT2D eigenvalue weighted by Crippen LogP contribution is -2.45. The highest BCUT2D eigenvalue weighted by Gasteiger charge is 2.20. The number of nitrogens with zero attached hydrogens (tertiary/aromatic N) is 1. The van der Waals surface area contributed by atoms with Crippen LogP contribution in [0.2, 0.25) is 0 Å². The zero-order chi connectivity index (χ0) is 14.7. The van der Waals surface area contributed by atoms with Gasteiger partial charge in [-0.15, -0.1) is 11.3 Å². The monoisotopic (exact) mass is 301 g/mol. The van der Waals surface area contributed by atoms with E-state index < -0.39 is 0 Å². The van der Waals surface area contributed by atoms with Gasteiger partial charge < -0.3 is 10.6 Å². The van der Waals surface area contributed by atoms with Crippen LogP contribution in [0.5, 0.6) is 0 Å². The second-order valence-electron chi connectivity index (χ2n) is 5.42. The fourth-order valence-corrected chi connectivity index (χ4v) is 3.40. The number of aromatic nitrogens is 1. The maximum absolute atomic E-state index is 12.1. The van der Waals surface area contributed by atoms with Gasteiger partial charge in [-0.05, 0) is 37.3 Å². The molecule has 1 aromatic carbocycles. The molecule has 2 N–H and O–H groups in total. The van der Waals surface area contributed by atoms with Gasteiger partial charge in [-0.1, -0.05) is 24.3 Å². The summed E-state index contributed by atoms with van der Waals surface area (Å²) in [4.78, 5) is 16.3. The number of nitrogens with one attached hydrogen (secondary N) is 2. The SMILES string of the molecule is C[C@@H](NC(=O)N[C@@H]1CCc2ccccc2C1)c1nccs1. The van der Waals surface area contributed by atoms with E-state index in [1.165, 1.54) is 11.1 Å². The predicted molar refractivity (Wildman–Crippen MR) is 84.5 cm³/mol. The topological polar surface area (TPSA) is 54.0 Å². The van der Waals surface area contributed by atoms with E-state index in [4.69, 9.17) is 0 Å². The van der Waals surface area contributed by atoms with Gasteiger partial charge in [0, 0.05) is 17.6 Å². The molecule has 1 aliphatic rings. The van der Waals surface area contributed by atoms with E-state index in [1.54, 1.807) is 17.5 Å². The highest BCUT2D eigenvalue weighted by molar-refractivity contribution is 7.09. The van der Waals surface area contributed by atoms with Crippen molar-refractivity contribution in [2.75, 3.05) is 0 Å². The Morgan fingerprint density at radius 3 is 2.95 bits per heavy atom. The molecule has 4 nitrogen and oxygen atoms in total. The second-order valence-corrected chi connectivity index (χ2v) is 6.34.